The van der Waals surface area contributed by atoms with Gasteiger partial charge in [-0.25, -0.2) is 4.98 Å². The van der Waals surface area contributed by atoms with Gasteiger partial charge < -0.3 is 15.8 Å². The number of carbonyl (C=O) groups is 1. The number of hydrogen-bond acceptors (Lipinski definition) is 5. The number of carbonyl (C=O) groups excluding carboxylic acids is 1. The Morgan fingerprint density at radius 3 is 2.81 bits per heavy atom. The largest absolute Gasteiger partial charge is 0.381 e. The van der Waals surface area contributed by atoms with Crippen LogP contribution in [-0.2, 0) is 16.0 Å². The van der Waals surface area contributed by atoms with Gasteiger partial charge in [0.1, 0.15) is 0 Å². The van der Waals surface area contributed by atoms with Gasteiger partial charge in [-0.3, -0.25) is 4.79 Å². The molecule has 1 fully saturated rings. The maximum Gasteiger partial charge on any atom is 0.227 e. The van der Waals surface area contributed by atoms with Gasteiger partial charge in [-0.05, 0) is 12.8 Å². The van der Waals surface area contributed by atoms with Crippen LogP contribution in [0.5, 0.6) is 0 Å². The average Bonchev–Trinajstić information content (AvgIpc) is 2.97. The van der Waals surface area contributed by atoms with Crippen LogP contribution in [0.25, 0.3) is 0 Å². The van der Waals surface area contributed by atoms with E-state index in [1.807, 2.05) is 0 Å². The highest BCUT2D eigenvalue weighted by Gasteiger charge is 2.38. The predicted molar refractivity (Wildman–Crippen MR) is 84.5 cm³/mol. The molecule has 1 aromatic heterocycles. The summed E-state index contributed by atoms with van der Waals surface area (Å²) >= 11 is 1.69. The van der Waals surface area contributed by atoms with Crippen molar-refractivity contribution >= 4 is 17.2 Å². The zero-order valence-corrected chi connectivity index (χ0v) is 13.7. The number of nitrogens with one attached hydrogen (secondary N) is 1. The Morgan fingerprint density at radius 2 is 2.24 bits per heavy atom. The van der Waals surface area contributed by atoms with E-state index in [-0.39, 0.29) is 5.91 Å². The molecule has 118 valence electrons. The van der Waals surface area contributed by atoms with Gasteiger partial charge in [0.2, 0.25) is 5.91 Å². The molecule has 3 N–H and O–H groups in total. The van der Waals surface area contributed by atoms with Crippen LogP contribution in [0.2, 0.25) is 0 Å². The molecule has 0 aliphatic carbocycles. The molecule has 21 heavy (non-hydrogen) atoms. The summed E-state index contributed by atoms with van der Waals surface area (Å²) in [6.07, 6.45) is 2.19. The number of nitrogens with zero attached hydrogens (tertiary/aromatic N) is 1. The highest BCUT2D eigenvalue weighted by Crippen LogP contribution is 2.29. The second-order valence-corrected chi connectivity index (χ2v) is 6.82. The lowest BCUT2D eigenvalue weighted by Crippen LogP contribution is -2.49. The molecule has 1 aliphatic rings. The van der Waals surface area contributed by atoms with Crippen LogP contribution in [0.3, 0.4) is 0 Å². The first kappa shape index (κ1) is 16.4. The van der Waals surface area contributed by atoms with E-state index < -0.39 is 5.41 Å². The number of amides is 1. The molecule has 1 amide bonds. The molecule has 6 heteroatoms. The minimum absolute atomic E-state index is 0.0626. The van der Waals surface area contributed by atoms with Gasteiger partial charge in [0.05, 0.1) is 16.1 Å². The first-order valence-corrected chi connectivity index (χ1v) is 8.46. The first-order chi connectivity index (χ1) is 10.1. The van der Waals surface area contributed by atoms with Crippen molar-refractivity contribution in [2.75, 3.05) is 26.3 Å². The van der Waals surface area contributed by atoms with Crippen LogP contribution in [0, 0.1) is 5.41 Å². The SMILES string of the molecule is CC(C)c1nc(CCNC(=O)C2(CN)CCOCC2)cs1. The molecule has 0 saturated carbocycles. The number of aromatic nitrogens is 1. The van der Waals surface area contributed by atoms with Crippen molar-refractivity contribution in [1.29, 1.82) is 0 Å². The van der Waals surface area contributed by atoms with Crippen molar-refractivity contribution in [3.05, 3.63) is 16.1 Å². The second kappa shape index (κ2) is 7.33. The Kier molecular flexibility index (Phi) is 5.72. The molecule has 1 saturated heterocycles. The van der Waals surface area contributed by atoms with E-state index in [1.165, 1.54) is 0 Å². The Bertz CT molecular complexity index is 467. The zero-order chi connectivity index (χ0) is 15.3. The van der Waals surface area contributed by atoms with E-state index in [2.05, 4.69) is 29.5 Å². The van der Waals surface area contributed by atoms with Gasteiger partial charge >= 0.3 is 0 Å². The van der Waals surface area contributed by atoms with E-state index in [0.29, 0.717) is 45.1 Å². The third-order valence-corrected chi connectivity index (χ3v) is 5.25. The molecule has 0 atom stereocenters. The van der Waals surface area contributed by atoms with Gasteiger partial charge in [0.25, 0.3) is 0 Å². The van der Waals surface area contributed by atoms with Crippen LogP contribution in [0.1, 0.15) is 43.3 Å². The lowest BCUT2D eigenvalue weighted by molar-refractivity contribution is -0.135. The quantitative estimate of drug-likeness (QED) is 0.838. The van der Waals surface area contributed by atoms with Crippen LogP contribution in [0.4, 0.5) is 0 Å². The van der Waals surface area contributed by atoms with E-state index in [1.54, 1.807) is 11.3 Å². The van der Waals surface area contributed by atoms with Crippen LogP contribution in [-0.4, -0.2) is 37.2 Å². The topological polar surface area (TPSA) is 77.2 Å². The monoisotopic (exact) mass is 311 g/mol. The summed E-state index contributed by atoms with van der Waals surface area (Å²) in [5.41, 5.74) is 6.44. The Labute approximate surface area is 130 Å². The molecule has 5 nitrogen and oxygen atoms in total. The fraction of sp³-hybridized carbons (Fsp3) is 0.733. The normalized spacial score (nSPS) is 17.9. The van der Waals surface area contributed by atoms with Crippen LogP contribution >= 0.6 is 11.3 Å². The molecule has 2 heterocycles. The average molecular weight is 311 g/mol. The molecular weight excluding hydrogens is 286 g/mol. The summed E-state index contributed by atoms with van der Waals surface area (Å²) in [6, 6.07) is 0. The van der Waals surface area contributed by atoms with E-state index in [4.69, 9.17) is 10.5 Å². The molecule has 2 rings (SSSR count). The minimum atomic E-state index is -0.441. The minimum Gasteiger partial charge on any atom is -0.381 e. The number of ether oxygens (including phenoxy) is 1. The summed E-state index contributed by atoms with van der Waals surface area (Å²) in [5, 5.41) is 6.25. The fourth-order valence-electron chi connectivity index (χ4n) is 2.48. The molecule has 0 radical (unpaired) electrons. The standard InChI is InChI=1S/C15H25N3O2S/c1-11(2)13-18-12(9-21-13)3-6-17-14(19)15(10-16)4-7-20-8-5-15/h9,11H,3-8,10,16H2,1-2H3,(H,17,19). The second-order valence-electron chi connectivity index (χ2n) is 5.93. The van der Waals surface area contributed by atoms with Crippen molar-refractivity contribution in [2.45, 2.75) is 39.0 Å². The molecule has 0 spiro atoms. The molecule has 0 aromatic carbocycles. The fourth-order valence-corrected chi connectivity index (χ4v) is 3.35. The summed E-state index contributed by atoms with van der Waals surface area (Å²) in [4.78, 5) is 17.0. The number of rotatable bonds is 6. The maximum atomic E-state index is 12.4. The van der Waals surface area contributed by atoms with Crippen LogP contribution < -0.4 is 11.1 Å². The van der Waals surface area contributed by atoms with Gasteiger partial charge in [0.15, 0.2) is 0 Å². The lowest BCUT2D eigenvalue weighted by atomic mass is 9.79. The van der Waals surface area contributed by atoms with Gasteiger partial charge in [-0.1, -0.05) is 13.8 Å². The van der Waals surface area contributed by atoms with E-state index in [0.717, 1.165) is 17.1 Å². The van der Waals surface area contributed by atoms with Gasteiger partial charge in [-0.15, -0.1) is 11.3 Å². The van der Waals surface area contributed by atoms with Crippen molar-refractivity contribution < 1.29 is 9.53 Å². The Morgan fingerprint density at radius 1 is 1.52 bits per heavy atom. The molecule has 1 aliphatic heterocycles. The number of nitrogens with two attached hydrogens (primary N) is 1. The summed E-state index contributed by atoms with van der Waals surface area (Å²) in [5.74, 6) is 0.522. The van der Waals surface area contributed by atoms with Crippen molar-refractivity contribution in [1.82, 2.24) is 10.3 Å². The van der Waals surface area contributed by atoms with Crippen LogP contribution in [0.15, 0.2) is 5.38 Å². The van der Waals surface area contributed by atoms with Gasteiger partial charge in [-0.2, -0.15) is 0 Å². The number of hydrogen-bond donors (Lipinski definition) is 2. The predicted octanol–water partition coefficient (Wildman–Crippen LogP) is 1.68. The summed E-state index contributed by atoms with van der Waals surface area (Å²) < 4.78 is 5.33. The summed E-state index contributed by atoms with van der Waals surface area (Å²) in [7, 11) is 0. The van der Waals surface area contributed by atoms with Gasteiger partial charge in [0, 0.05) is 44.0 Å². The van der Waals surface area contributed by atoms with E-state index >= 15 is 0 Å². The smallest absolute Gasteiger partial charge is 0.227 e. The number of thiazole rings is 1. The summed E-state index contributed by atoms with van der Waals surface area (Å²) in [6.45, 7) is 6.52. The maximum absolute atomic E-state index is 12.4. The third-order valence-electron chi connectivity index (χ3n) is 4.05. The Hall–Kier alpha value is -0.980. The lowest BCUT2D eigenvalue weighted by Gasteiger charge is -2.34. The molecule has 0 bridgehead atoms. The Balaban J connectivity index is 1.82. The molecule has 1 aromatic rings. The van der Waals surface area contributed by atoms with Crippen molar-refractivity contribution in [3.63, 3.8) is 0 Å². The highest BCUT2D eigenvalue weighted by atomic mass is 32.1. The molecule has 0 unspecified atom stereocenters. The zero-order valence-electron chi connectivity index (χ0n) is 12.9. The highest BCUT2D eigenvalue weighted by molar-refractivity contribution is 7.09. The third kappa shape index (κ3) is 4.02. The van der Waals surface area contributed by atoms with E-state index in [9.17, 15) is 4.79 Å². The molecular formula is C15H25N3O2S. The van der Waals surface area contributed by atoms with Crippen molar-refractivity contribution in [3.8, 4) is 0 Å². The van der Waals surface area contributed by atoms with Crippen molar-refractivity contribution in [2.24, 2.45) is 11.1 Å². The first-order valence-electron chi connectivity index (χ1n) is 7.58.